The number of hydrogen-bond acceptors (Lipinski definition) is 3. The molecule has 0 aliphatic rings. The van der Waals surface area contributed by atoms with Gasteiger partial charge >= 0.3 is 0 Å². The molecule has 0 heterocycles. The monoisotopic (exact) mass is 289 g/mol. The second kappa shape index (κ2) is 7.12. The van der Waals surface area contributed by atoms with Crippen molar-refractivity contribution in [3.63, 3.8) is 0 Å². The van der Waals surface area contributed by atoms with Crippen LogP contribution in [-0.2, 0) is 9.84 Å². The SMILES string of the molecule is CC(C)CCNCCS(=O)(=O)c1ccccc1Cl. The van der Waals surface area contributed by atoms with E-state index in [0.717, 1.165) is 13.0 Å². The van der Waals surface area contributed by atoms with E-state index in [-0.39, 0.29) is 10.6 Å². The van der Waals surface area contributed by atoms with Crippen LogP contribution >= 0.6 is 11.6 Å². The number of rotatable bonds is 7. The lowest BCUT2D eigenvalue weighted by Gasteiger charge is -2.08. The highest BCUT2D eigenvalue weighted by molar-refractivity contribution is 7.91. The summed E-state index contributed by atoms with van der Waals surface area (Å²) in [6.07, 6.45) is 1.05. The van der Waals surface area contributed by atoms with E-state index in [1.807, 2.05) is 0 Å². The molecule has 1 rings (SSSR count). The quantitative estimate of drug-likeness (QED) is 0.785. The number of sulfone groups is 1. The van der Waals surface area contributed by atoms with E-state index in [2.05, 4.69) is 19.2 Å². The molecule has 0 saturated heterocycles. The zero-order valence-corrected chi connectivity index (χ0v) is 12.4. The molecule has 0 bridgehead atoms. The lowest BCUT2D eigenvalue weighted by molar-refractivity contribution is 0.543. The first-order valence-corrected chi connectivity index (χ1v) is 8.14. The molecule has 18 heavy (non-hydrogen) atoms. The summed E-state index contributed by atoms with van der Waals surface area (Å²) in [5, 5.41) is 3.43. The van der Waals surface area contributed by atoms with Gasteiger partial charge in [-0.3, -0.25) is 0 Å². The van der Waals surface area contributed by atoms with E-state index in [1.165, 1.54) is 0 Å². The van der Waals surface area contributed by atoms with Crippen molar-refractivity contribution in [3.8, 4) is 0 Å². The molecule has 5 heteroatoms. The third kappa shape index (κ3) is 4.96. The van der Waals surface area contributed by atoms with E-state index >= 15 is 0 Å². The summed E-state index contributed by atoms with van der Waals surface area (Å²) in [7, 11) is -3.29. The number of hydrogen-bond donors (Lipinski definition) is 1. The third-order valence-corrected chi connectivity index (χ3v) is 4.83. The fourth-order valence-electron chi connectivity index (χ4n) is 1.53. The van der Waals surface area contributed by atoms with Crippen LogP contribution in [-0.4, -0.2) is 27.3 Å². The fourth-order valence-corrected chi connectivity index (χ4v) is 3.30. The van der Waals surface area contributed by atoms with Gasteiger partial charge in [-0.1, -0.05) is 37.6 Å². The van der Waals surface area contributed by atoms with Gasteiger partial charge in [0.05, 0.1) is 15.7 Å². The Morgan fingerprint density at radius 1 is 1.22 bits per heavy atom. The van der Waals surface area contributed by atoms with E-state index in [4.69, 9.17) is 11.6 Å². The molecule has 0 aromatic heterocycles. The molecule has 102 valence electrons. The van der Waals surface area contributed by atoms with E-state index in [9.17, 15) is 8.42 Å². The lowest BCUT2D eigenvalue weighted by atomic mass is 10.1. The molecule has 0 atom stereocenters. The highest BCUT2D eigenvalue weighted by Crippen LogP contribution is 2.21. The Labute approximate surface area is 114 Å². The van der Waals surface area contributed by atoms with Crippen LogP contribution in [0.15, 0.2) is 29.2 Å². The fraction of sp³-hybridized carbons (Fsp3) is 0.538. The van der Waals surface area contributed by atoms with Crippen LogP contribution < -0.4 is 5.32 Å². The summed E-state index contributed by atoms with van der Waals surface area (Å²) in [6, 6.07) is 6.56. The molecule has 0 amide bonds. The molecule has 0 fully saturated rings. The first kappa shape index (κ1) is 15.5. The Kier molecular flexibility index (Phi) is 6.12. The smallest absolute Gasteiger partial charge is 0.181 e. The maximum atomic E-state index is 12.0. The number of nitrogens with one attached hydrogen (secondary N) is 1. The molecule has 0 radical (unpaired) electrons. The zero-order valence-electron chi connectivity index (χ0n) is 10.8. The molecule has 0 unspecified atom stereocenters. The van der Waals surface area contributed by atoms with Crippen molar-refractivity contribution >= 4 is 21.4 Å². The minimum Gasteiger partial charge on any atom is -0.316 e. The van der Waals surface area contributed by atoms with E-state index < -0.39 is 9.84 Å². The maximum absolute atomic E-state index is 12.0. The highest BCUT2D eigenvalue weighted by Gasteiger charge is 2.16. The van der Waals surface area contributed by atoms with Crippen molar-refractivity contribution in [3.05, 3.63) is 29.3 Å². The standard InChI is InChI=1S/C13H20ClNO2S/c1-11(2)7-8-15-9-10-18(16,17)13-6-4-3-5-12(13)14/h3-6,11,15H,7-10H2,1-2H3. The van der Waals surface area contributed by atoms with E-state index in [1.54, 1.807) is 24.3 Å². The molecular formula is C13H20ClNO2S. The number of benzene rings is 1. The molecule has 1 N–H and O–H groups in total. The molecule has 1 aromatic rings. The summed E-state index contributed by atoms with van der Waals surface area (Å²) in [6.45, 7) is 5.58. The minimum absolute atomic E-state index is 0.0782. The molecule has 0 aliphatic heterocycles. The predicted molar refractivity (Wildman–Crippen MR) is 75.8 cm³/mol. The first-order valence-electron chi connectivity index (χ1n) is 6.11. The van der Waals surface area contributed by atoms with Gasteiger partial charge in [-0.2, -0.15) is 0 Å². The van der Waals surface area contributed by atoms with Gasteiger partial charge in [0.25, 0.3) is 0 Å². The molecule has 0 saturated carbocycles. The van der Waals surface area contributed by atoms with Gasteiger partial charge in [-0.15, -0.1) is 0 Å². The van der Waals surface area contributed by atoms with Crippen LogP contribution in [0.25, 0.3) is 0 Å². The average Bonchev–Trinajstić information content (AvgIpc) is 2.28. The van der Waals surface area contributed by atoms with Gasteiger partial charge in [-0.05, 0) is 31.0 Å². The summed E-state index contributed by atoms with van der Waals surface area (Å²) in [5.41, 5.74) is 0. The second-order valence-corrected chi connectivity index (χ2v) is 7.17. The minimum atomic E-state index is -3.29. The Morgan fingerprint density at radius 2 is 1.89 bits per heavy atom. The van der Waals surface area contributed by atoms with Crippen molar-refractivity contribution in [1.82, 2.24) is 5.32 Å². The predicted octanol–water partition coefficient (Wildman–Crippen LogP) is 2.75. The van der Waals surface area contributed by atoms with Gasteiger partial charge in [0, 0.05) is 6.54 Å². The summed E-state index contributed by atoms with van der Waals surface area (Å²) < 4.78 is 24.1. The first-order chi connectivity index (χ1) is 8.43. The molecular weight excluding hydrogens is 270 g/mol. The van der Waals surface area contributed by atoms with Gasteiger partial charge in [0.15, 0.2) is 9.84 Å². The van der Waals surface area contributed by atoms with Crippen LogP contribution in [0.3, 0.4) is 0 Å². The van der Waals surface area contributed by atoms with Crippen LogP contribution in [0, 0.1) is 5.92 Å². The average molecular weight is 290 g/mol. The van der Waals surface area contributed by atoms with Crippen molar-refractivity contribution < 1.29 is 8.42 Å². The topological polar surface area (TPSA) is 46.2 Å². The van der Waals surface area contributed by atoms with Crippen LogP contribution in [0.2, 0.25) is 5.02 Å². The van der Waals surface area contributed by atoms with Crippen molar-refractivity contribution in [1.29, 1.82) is 0 Å². The van der Waals surface area contributed by atoms with Gasteiger partial charge in [0.2, 0.25) is 0 Å². The van der Waals surface area contributed by atoms with Crippen molar-refractivity contribution in [2.24, 2.45) is 5.92 Å². The number of halogens is 1. The second-order valence-electron chi connectivity index (χ2n) is 4.68. The Balaban J connectivity index is 2.49. The molecule has 0 spiro atoms. The summed E-state index contributed by atoms with van der Waals surface area (Å²) in [5.74, 6) is 0.701. The van der Waals surface area contributed by atoms with Gasteiger partial charge in [0.1, 0.15) is 0 Å². The van der Waals surface area contributed by atoms with Crippen LogP contribution in [0.1, 0.15) is 20.3 Å². The maximum Gasteiger partial charge on any atom is 0.181 e. The van der Waals surface area contributed by atoms with Crippen molar-refractivity contribution in [2.45, 2.75) is 25.2 Å². The molecule has 1 aromatic carbocycles. The largest absolute Gasteiger partial charge is 0.316 e. The van der Waals surface area contributed by atoms with Gasteiger partial charge in [-0.25, -0.2) is 8.42 Å². The van der Waals surface area contributed by atoms with Crippen LogP contribution in [0.4, 0.5) is 0 Å². The highest BCUT2D eigenvalue weighted by atomic mass is 35.5. The normalized spacial score (nSPS) is 12.0. The third-order valence-electron chi connectivity index (χ3n) is 2.62. The Bertz CT molecular complexity index is 472. The summed E-state index contributed by atoms with van der Waals surface area (Å²) >= 11 is 5.89. The lowest BCUT2D eigenvalue weighted by Crippen LogP contribution is -2.24. The Hall–Kier alpha value is -0.580. The zero-order chi connectivity index (χ0) is 13.6. The van der Waals surface area contributed by atoms with Gasteiger partial charge < -0.3 is 5.32 Å². The summed E-state index contributed by atoms with van der Waals surface area (Å²) in [4.78, 5) is 0.220. The molecule has 3 nitrogen and oxygen atoms in total. The van der Waals surface area contributed by atoms with E-state index in [0.29, 0.717) is 17.5 Å². The molecule has 0 aliphatic carbocycles. The van der Waals surface area contributed by atoms with Crippen LogP contribution in [0.5, 0.6) is 0 Å². The Morgan fingerprint density at radius 3 is 2.50 bits per heavy atom. The van der Waals surface area contributed by atoms with Crippen molar-refractivity contribution in [2.75, 3.05) is 18.8 Å².